The molecule has 0 saturated heterocycles. The van der Waals surface area contributed by atoms with E-state index in [0.29, 0.717) is 17.9 Å². The van der Waals surface area contributed by atoms with Crippen molar-refractivity contribution < 1.29 is 4.79 Å². The van der Waals surface area contributed by atoms with Crippen molar-refractivity contribution in [2.75, 3.05) is 5.32 Å². The Labute approximate surface area is 168 Å². The molecule has 0 aliphatic heterocycles. The van der Waals surface area contributed by atoms with E-state index >= 15 is 0 Å². The maximum Gasteiger partial charge on any atom is 0.256 e. The average Bonchev–Trinajstić information content (AvgIpc) is 3.30. The molecule has 0 fully saturated rings. The lowest BCUT2D eigenvalue weighted by molar-refractivity contribution is 0.102. The molecule has 4 rings (SSSR count). The number of nitrogens with zero attached hydrogens (tertiary/aromatic N) is 3. The van der Waals surface area contributed by atoms with E-state index in [9.17, 15) is 4.79 Å². The quantitative estimate of drug-likeness (QED) is 0.528. The topological polar surface area (TPSA) is 59.8 Å². The van der Waals surface area contributed by atoms with E-state index in [4.69, 9.17) is 0 Å². The summed E-state index contributed by atoms with van der Waals surface area (Å²) in [4.78, 5) is 16.9. The molecule has 4 aromatic rings. The van der Waals surface area contributed by atoms with Crippen molar-refractivity contribution in [1.29, 1.82) is 0 Å². The van der Waals surface area contributed by atoms with Crippen LogP contribution in [-0.4, -0.2) is 20.7 Å². The summed E-state index contributed by atoms with van der Waals surface area (Å²) in [7, 11) is 0. The van der Waals surface area contributed by atoms with Gasteiger partial charge in [0.05, 0.1) is 28.5 Å². The fraction of sp³-hybridized carbons (Fsp3) is 0.227. The smallest absolute Gasteiger partial charge is 0.256 e. The highest BCUT2D eigenvalue weighted by atomic mass is 32.1. The third-order valence-electron chi connectivity index (χ3n) is 4.70. The Balaban J connectivity index is 1.50. The summed E-state index contributed by atoms with van der Waals surface area (Å²) in [5.41, 5.74) is 5.86. The molecular formula is C22H22N4OS. The highest BCUT2D eigenvalue weighted by Crippen LogP contribution is 2.23. The fourth-order valence-corrected chi connectivity index (χ4v) is 3.75. The Bertz CT molecular complexity index is 1120. The van der Waals surface area contributed by atoms with Crippen LogP contribution in [0.25, 0.3) is 10.2 Å². The number of hydrogen-bond donors (Lipinski definition) is 1. The minimum atomic E-state index is -0.153. The minimum absolute atomic E-state index is 0.128. The molecular weight excluding hydrogens is 368 g/mol. The van der Waals surface area contributed by atoms with E-state index < -0.39 is 0 Å². The molecule has 28 heavy (non-hydrogen) atoms. The molecule has 0 unspecified atom stereocenters. The lowest BCUT2D eigenvalue weighted by Gasteiger charge is -2.19. The third kappa shape index (κ3) is 3.82. The Hall–Kier alpha value is -2.99. The molecule has 1 N–H and O–H groups in total. The summed E-state index contributed by atoms with van der Waals surface area (Å²) >= 11 is 1.53. The van der Waals surface area contributed by atoms with Crippen LogP contribution in [0.2, 0.25) is 0 Å². The van der Waals surface area contributed by atoms with Gasteiger partial charge in [-0.3, -0.25) is 4.79 Å². The van der Waals surface area contributed by atoms with Crippen LogP contribution in [-0.2, 0) is 12.0 Å². The number of carbonyl (C=O) groups is 1. The van der Waals surface area contributed by atoms with E-state index in [1.807, 2.05) is 18.2 Å². The van der Waals surface area contributed by atoms with Gasteiger partial charge in [0.25, 0.3) is 5.91 Å². The van der Waals surface area contributed by atoms with Crippen LogP contribution in [0.1, 0.15) is 42.3 Å². The number of benzene rings is 2. The fourth-order valence-electron chi connectivity index (χ4n) is 3.03. The van der Waals surface area contributed by atoms with Gasteiger partial charge in [0.2, 0.25) is 0 Å². The predicted octanol–water partition coefficient (Wildman–Crippen LogP) is 5.09. The second kappa shape index (κ2) is 7.20. The molecule has 0 atom stereocenters. The molecule has 142 valence electrons. The number of thiazole rings is 1. The number of fused-ring (bicyclic) bond motifs is 1. The Morgan fingerprint density at radius 1 is 1.11 bits per heavy atom. The maximum atomic E-state index is 12.7. The van der Waals surface area contributed by atoms with Gasteiger partial charge in [-0.25, -0.2) is 9.67 Å². The van der Waals surface area contributed by atoms with Crippen molar-refractivity contribution in [3.8, 4) is 0 Å². The number of amides is 1. The monoisotopic (exact) mass is 390 g/mol. The second-order valence-electron chi connectivity index (χ2n) is 7.81. The molecule has 0 aliphatic rings. The van der Waals surface area contributed by atoms with Crippen molar-refractivity contribution in [3.05, 3.63) is 76.9 Å². The normalized spacial score (nSPS) is 11.7. The summed E-state index contributed by atoms with van der Waals surface area (Å²) in [6.07, 6.45) is 1.70. The van der Waals surface area contributed by atoms with Gasteiger partial charge < -0.3 is 5.32 Å². The summed E-state index contributed by atoms with van der Waals surface area (Å²) in [5, 5.41) is 7.33. The van der Waals surface area contributed by atoms with E-state index in [1.165, 1.54) is 16.9 Å². The van der Waals surface area contributed by atoms with Gasteiger partial charge >= 0.3 is 0 Å². The molecule has 6 heteroatoms. The predicted molar refractivity (Wildman–Crippen MR) is 114 cm³/mol. The zero-order valence-electron chi connectivity index (χ0n) is 16.1. The molecule has 0 bridgehead atoms. The van der Waals surface area contributed by atoms with Crippen LogP contribution >= 0.6 is 11.3 Å². The van der Waals surface area contributed by atoms with Crippen molar-refractivity contribution in [3.63, 3.8) is 0 Å². The first kappa shape index (κ1) is 18.4. The molecule has 0 aliphatic carbocycles. The van der Waals surface area contributed by atoms with Crippen LogP contribution < -0.4 is 5.32 Å². The summed E-state index contributed by atoms with van der Waals surface area (Å²) < 4.78 is 2.80. The highest BCUT2D eigenvalue weighted by molar-refractivity contribution is 7.16. The first-order valence-electron chi connectivity index (χ1n) is 9.16. The number of rotatable bonds is 4. The van der Waals surface area contributed by atoms with Gasteiger partial charge in [0.1, 0.15) is 5.82 Å². The van der Waals surface area contributed by atoms with E-state index in [2.05, 4.69) is 60.4 Å². The minimum Gasteiger partial charge on any atom is -0.307 e. The molecule has 0 saturated carbocycles. The molecule has 0 spiro atoms. The van der Waals surface area contributed by atoms with Crippen molar-refractivity contribution in [2.24, 2.45) is 0 Å². The largest absolute Gasteiger partial charge is 0.307 e. The van der Waals surface area contributed by atoms with Crippen molar-refractivity contribution >= 4 is 33.3 Å². The van der Waals surface area contributed by atoms with Crippen LogP contribution in [0.3, 0.4) is 0 Å². The molecule has 1 amide bonds. The molecule has 2 aromatic carbocycles. The Morgan fingerprint density at radius 2 is 1.89 bits per heavy atom. The number of nitrogens with one attached hydrogen (secondary N) is 1. The van der Waals surface area contributed by atoms with E-state index in [-0.39, 0.29) is 11.3 Å². The lowest BCUT2D eigenvalue weighted by atomic mass is 9.87. The van der Waals surface area contributed by atoms with Gasteiger partial charge in [-0.15, -0.1) is 11.3 Å². The Kier molecular flexibility index (Phi) is 4.73. The first-order chi connectivity index (χ1) is 13.4. The molecule has 2 heterocycles. The number of hydrogen-bond acceptors (Lipinski definition) is 4. The summed E-state index contributed by atoms with van der Waals surface area (Å²) in [6.45, 7) is 7.20. The van der Waals surface area contributed by atoms with E-state index in [0.717, 1.165) is 15.8 Å². The zero-order chi connectivity index (χ0) is 19.7. The molecule has 0 radical (unpaired) electrons. The standard InChI is InChI=1S/C22H22N4OS/c1-22(2,3)17-7-4-15(5-8-17)13-26-20(10-11-24-26)25-21(27)16-6-9-18-19(12-16)28-14-23-18/h4-12,14H,13H2,1-3H3,(H,25,27). The maximum absolute atomic E-state index is 12.7. The SMILES string of the molecule is CC(C)(C)c1ccc(Cn2nccc2NC(=O)c2ccc3ncsc3c2)cc1. The van der Waals surface area contributed by atoms with Crippen LogP contribution in [0.15, 0.2) is 60.2 Å². The van der Waals surface area contributed by atoms with Crippen LogP contribution in [0, 0.1) is 0 Å². The number of aromatic nitrogens is 3. The highest BCUT2D eigenvalue weighted by Gasteiger charge is 2.14. The number of carbonyl (C=O) groups excluding carboxylic acids is 1. The van der Waals surface area contributed by atoms with Gasteiger partial charge in [-0.1, -0.05) is 45.0 Å². The lowest BCUT2D eigenvalue weighted by Crippen LogP contribution is -2.16. The van der Waals surface area contributed by atoms with Crippen LogP contribution in [0.4, 0.5) is 5.82 Å². The van der Waals surface area contributed by atoms with Crippen LogP contribution in [0.5, 0.6) is 0 Å². The van der Waals surface area contributed by atoms with Gasteiger partial charge in [0.15, 0.2) is 0 Å². The van der Waals surface area contributed by atoms with Crippen molar-refractivity contribution in [1.82, 2.24) is 14.8 Å². The molecule has 2 aromatic heterocycles. The average molecular weight is 391 g/mol. The van der Waals surface area contributed by atoms with Gasteiger partial charge in [0, 0.05) is 11.6 Å². The second-order valence-corrected chi connectivity index (χ2v) is 8.70. The summed E-state index contributed by atoms with van der Waals surface area (Å²) in [5.74, 6) is 0.523. The summed E-state index contributed by atoms with van der Waals surface area (Å²) in [6, 6.07) is 15.9. The van der Waals surface area contributed by atoms with E-state index in [1.54, 1.807) is 22.5 Å². The Morgan fingerprint density at radius 3 is 2.64 bits per heavy atom. The first-order valence-corrected chi connectivity index (χ1v) is 10.0. The number of anilines is 1. The van der Waals surface area contributed by atoms with Gasteiger partial charge in [-0.05, 0) is 34.7 Å². The van der Waals surface area contributed by atoms with Gasteiger partial charge in [-0.2, -0.15) is 5.10 Å². The third-order valence-corrected chi connectivity index (χ3v) is 5.50. The van der Waals surface area contributed by atoms with Crippen molar-refractivity contribution in [2.45, 2.75) is 32.7 Å². The zero-order valence-corrected chi connectivity index (χ0v) is 17.0. The molecule has 5 nitrogen and oxygen atoms in total.